The predicted octanol–water partition coefficient (Wildman–Crippen LogP) is 3.70. The average molecular weight is 311 g/mol. The minimum atomic E-state index is 0.764. The second kappa shape index (κ2) is 8.62. The number of ether oxygens (including phenoxy) is 1. The largest absolute Gasteiger partial charge is 0.379 e. The van der Waals surface area contributed by atoms with Crippen LogP contribution in [0, 0.1) is 5.92 Å². The molecule has 1 fully saturated rings. The Balaban J connectivity index is 1.88. The van der Waals surface area contributed by atoms with Crippen LogP contribution < -0.4 is 10.2 Å². The molecule has 118 valence electrons. The van der Waals surface area contributed by atoms with Crippen molar-refractivity contribution in [3.63, 3.8) is 0 Å². The van der Waals surface area contributed by atoms with Crippen molar-refractivity contribution in [1.82, 2.24) is 5.32 Å². The van der Waals surface area contributed by atoms with E-state index in [9.17, 15) is 0 Å². The molecule has 1 aliphatic rings. The Bertz CT molecular complexity index is 435. The maximum atomic E-state index is 6.40. The Morgan fingerprint density at radius 3 is 2.90 bits per heavy atom. The molecule has 0 spiro atoms. The molecule has 21 heavy (non-hydrogen) atoms. The highest BCUT2D eigenvalue weighted by Gasteiger charge is 2.21. The molecule has 0 heterocycles. The van der Waals surface area contributed by atoms with E-state index in [1.54, 1.807) is 0 Å². The standard InChI is InChI=1S/C17H27ClN2O/c1-3-9-19-12-15-5-4-6-16(18)17(15)20(2)10-11-21-13-14-7-8-14/h4-6,14,19H,3,7-13H2,1-2H3. The number of halogens is 1. The lowest BCUT2D eigenvalue weighted by atomic mass is 10.1. The van der Waals surface area contributed by atoms with Gasteiger partial charge in [-0.2, -0.15) is 0 Å². The summed E-state index contributed by atoms with van der Waals surface area (Å²) in [5.41, 5.74) is 2.37. The number of nitrogens with one attached hydrogen (secondary N) is 1. The molecule has 0 unspecified atom stereocenters. The van der Waals surface area contributed by atoms with Gasteiger partial charge in [-0.3, -0.25) is 0 Å². The highest BCUT2D eigenvalue weighted by molar-refractivity contribution is 6.33. The van der Waals surface area contributed by atoms with E-state index in [2.05, 4.69) is 30.3 Å². The second-order valence-electron chi connectivity index (χ2n) is 5.86. The fourth-order valence-electron chi connectivity index (χ4n) is 2.38. The minimum absolute atomic E-state index is 0.764. The van der Waals surface area contributed by atoms with Crippen molar-refractivity contribution >= 4 is 17.3 Å². The van der Waals surface area contributed by atoms with Gasteiger partial charge in [-0.25, -0.2) is 0 Å². The molecule has 0 aromatic heterocycles. The van der Waals surface area contributed by atoms with Crippen LogP contribution in [0.5, 0.6) is 0 Å². The van der Waals surface area contributed by atoms with E-state index in [4.69, 9.17) is 16.3 Å². The molecule has 0 aliphatic heterocycles. The fraction of sp³-hybridized carbons (Fsp3) is 0.647. The first-order valence-corrected chi connectivity index (χ1v) is 8.37. The zero-order valence-corrected chi connectivity index (χ0v) is 14.0. The number of likely N-dealkylation sites (N-methyl/N-ethyl adjacent to an activating group) is 1. The molecule has 0 radical (unpaired) electrons. The lowest BCUT2D eigenvalue weighted by Gasteiger charge is -2.24. The molecule has 1 N–H and O–H groups in total. The van der Waals surface area contributed by atoms with Gasteiger partial charge >= 0.3 is 0 Å². The summed E-state index contributed by atoms with van der Waals surface area (Å²) in [6.45, 7) is 6.62. The van der Waals surface area contributed by atoms with Crippen molar-refractivity contribution in [3.8, 4) is 0 Å². The summed E-state index contributed by atoms with van der Waals surface area (Å²) in [6.07, 6.45) is 3.82. The van der Waals surface area contributed by atoms with Crippen molar-refractivity contribution in [1.29, 1.82) is 0 Å². The number of benzene rings is 1. The van der Waals surface area contributed by atoms with Crippen LogP contribution in [0.3, 0.4) is 0 Å². The Hall–Kier alpha value is -0.770. The summed E-state index contributed by atoms with van der Waals surface area (Å²) in [4.78, 5) is 2.21. The lowest BCUT2D eigenvalue weighted by Crippen LogP contribution is -2.25. The van der Waals surface area contributed by atoms with Gasteiger partial charge in [0.15, 0.2) is 0 Å². The lowest BCUT2D eigenvalue weighted by molar-refractivity contribution is 0.131. The summed E-state index contributed by atoms with van der Waals surface area (Å²) in [7, 11) is 2.09. The van der Waals surface area contributed by atoms with Crippen LogP contribution in [0.25, 0.3) is 0 Å². The van der Waals surface area contributed by atoms with Gasteiger partial charge in [-0.05, 0) is 43.4 Å². The number of rotatable bonds is 10. The number of hydrogen-bond acceptors (Lipinski definition) is 3. The monoisotopic (exact) mass is 310 g/mol. The Labute approximate surface area is 133 Å². The SMILES string of the molecule is CCCNCc1cccc(Cl)c1N(C)CCOCC1CC1. The molecule has 0 saturated heterocycles. The van der Waals surface area contributed by atoms with E-state index in [-0.39, 0.29) is 0 Å². The zero-order valence-electron chi connectivity index (χ0n) is 13.2. The second-order valence-corrected chi connectivity index (χ2v) is 6.27. The predicted molar refractivity (Wildman–Crippen MR) is 90.3 cm³/mol. The Kier molecular flexibility index (Phi) is 6.81. The van der Waals surface area contributed by atoms with Gasteiger partial charge in [0.1, 0.15) is 0 Å². The summed E-state index contributed by atoms with van der Waals surface area (Å²) in [5, 5.41) is 4.26. The van der Waals surface area contributed by atoms with Gasteiger partial charge in [0.05, 0.1) is 17.3 Å². The van der Waals surface area contributed by atoms with E-state index in [0.717, 1.165) is 55.9 Å². The van der Waals surface area contributed by atoms with Gasteiger partial charge in [0.25, 0.3) is 0 Å². The van der Waals surface area contributed by atoms with Crippen molar-refractivity contribution in [2.45, 2.75) is 32.7 Å². The zero-order chi connectivity index (χ0) is 15.1. The van der Waals surface area contributed by atoms with Gasteiger partial charge < -0.3 is 15.0 Å². The molecule has 0 bridgehead atoms. The molecule has 1 aromatic rings. The van der Waals surface area contributed by atoms with E-state index < -0.39 is 0 Å². The molecule has 1 aliphatic carbocycles. The van der Waals surface area contributed by atoms with Crippen molar-refractivity contribution < 1.29 is 4.74 Å². The third-order valence-corrected chi connectivity index (χ3v) is 4.12. The van der Waals surface area contributed by atoms with Crippen LogP contribution in [0.4, 0.5) is 5.69 Å². The molecule has 3 nitrogen and oxygen atoms in total. The third kappa shape index (κ3) is 5.50. The number of anilines is 1. The number of para-hydroxylation sites is 1. The van der Waals surface area contributed by atoms with Crippen LogP contribution >= 0.6 is 11.6 Å². The quantitative estimate of drug-likeness (QED) is 0.667. The summed E-state index contributed by atoms with van der Waals surface area (Å²) >= 11 is 6.40. The van der Waals surface area contributed by atoms with Crippen LogP contribution in [-0.2, 0) is 11.3 Å². The molecule has 0 amide bonds. The third-order valence-electron chi connectivity index (χ3n) is 3.82. The van der Waals surface area contributed by atoms with Crippen LogP contribution in [-0.4, -0.2) is 33.4 Å². The number of hydrogen-bond donors (Lipinski definition) is 1. The first-order valence-electron chi connectivity index (χ1n) is 7.99. The molecular weight excluding hydrogens is 284 g/mol. The van der Waals surface area contributed by atoms with E-state index in [0.29, 0.717) is 0 Å². The molecular formula is C17H27ClN2O. The first-order chi connectivity index (χ1) is 10.2. The topological polar surface area (TPSA) is 24.5 Å². The van der Waals surface area contributed by atoms with Gasteiger partial charge in [0, 0.05) is 26.7 Å². The van der Waals surface area contributed by atoms with E-state index in [1.807, 2.05) is 12.1 Å². The normalized spacial score (nSPS) is 14.4. The molecule has 2 rings (SSSR count). The van der Waals surface area contributed by atoms with Crippen molar-refractivity contribution in [2.75, 3.05) is 38.3 Å². The first kappa shape index (κ1) is 16.6. The average Bonchev–Trinajstić information content (AvgIpc) is 3.28. The van der Waals surface area contributed by atoms with Gasteiger partial charge in [0.2, 0.25) is 0 Å². The van der Waals surface area contributed by atoms with Crippen LogP contribution in [0.15, 0.2) is 18.2 Å². The smallest absolute Gasteiger partial charge is 0.0642 e. The van der Waals surface area contributed by atoms with Crippen LogP contribution in [0.1, 0.15) is 31.7 Å². The highest BCUT2D eigenvalue weighted by Crippen LogP contribution is 2.30. The summed E-state index contributed by atoms with van der Waals surface area (Å²) < 4.78 is 5.73. The molecule has 4 heteroatoms. The van der Waals surface area contributed by atoms with Crippen molar-refractivity contribution in [2.24, 2.45) is 5.92 Å². The Morgan fingerprint density at radius 2 is 2.19 bits per heavy atom. The minimum Gasteiger partial charge on any atom is -0.379 e. The number of nitrogens with zero attached hydrogens (tertiary/aromatic N) is 1. The fourth-order valence-corrected chi connectivity index (χ4v) is 2.72. The molecule has 1 aromatic carbocycles. The molecule has 1 saturated carbocycles. The van der Waals surface area contributed by atoms with Gasteiger partial charge in [-0.15, -0.1) is 0 Å². The maximum absolute atomic E-state index is 6.40. The summed E-state index contributed by atoms with van der Waals surface area (Å²) in [6, 6.07) is 6.12. The highest BCUT2D eigenvalue weighted by atomic mass is 35.5. The van der Waals surface area contributed by atoms with Crippen LogP contribution in [0.2, 0.25) is 5.02 Å². The Morgan fingerprint density at radius 1 is 1.38 bits per heavy atom. The van der Waals surface area contributed by atoms with E-state index >= 15 is 0 Å². The maximum Gasteiger partial charge on any atom is 0.0642 e. The summed E-state index contributed by atoms with van der Waals surface area (Å²) in [5.74, 6) is 0.824. The van der Waals surface area contributed by atoms with Crippen molar-refractivity contribution in [3.05, 3.63) is 28.8 Å². The molecule has 0 atom stereocenters. The van der Waals surface area contributed by atoms with E-state index in [1.165, 1.54) is 18.4 Å². The van der Waals surface area contributed by atoms with Gasteiger partial charge in [-0.1, -0.05) is 30.7 Å².